The van der Waals surface area contributed by atoms with Crippen molar-refractivity contribution >= 4 is 11.6 Å². The largest absolute Gasteiger partial charge is 0.322 e. The van der Waals surface area contributed by atoms with Crippen molar-refractivity contribution in [2.45, 2.75) is 19.8 Å². The van der Waals surface area contributed by atoms with Gasteiger partial charge in [0.2, 0.25) is 5.91 Å². The van der Waals surface area contributed by atoms with E-state index in [1.165, 1.54) is 0 Å². The summed E-state index contributed by atoms with van der Waals surface area (Å²) in [7, 11) is 0. The Balaban J connectivity index is 1.87. The van der Waals surface area contributed by atoms with Gasteiger partial charge in [0.1, 0.15) is 0 Å². The number of pyridine rings is 1. The molecule has 0 radical (unpaired) electrons. The van der Waals surface area contributed by atoms with Crippen LogP contribution in [0, 0.1) is 5.41 Å². The van der Waals surface area contributed by atoms with E-state index in [-0.39, 0.29) is 11.3 Å². The highest BCUT2D eigenvalue weighted by Gasteiger charge is 2.39. The molecule has 0 aliphatic carbocycles. The third-order valence-electron chi connectivity index (χ3n) is 4.16. The van der Waals surface area contributed by atoms with Crippen LogP contribution in [0.3, 0.4) is 0 Å². The molecule has 110 valence electrons. The van der Waals surface area contributed by atoms with Gasteiger partial charge in [-0.05, 0) is 37.6 Å². The van der Waals surface area contributed by atoms with E-state index in [0.29, 0.717) is 11.5 Å². The summed E-state index contributed by atoms with van der Waals surface area (Å²) >= 11 is 0. The molecule has 0 saturated carbocycles. The fourth-order valence-corrected chi connectivity index (χ4v) is 2.73. The van der Waals surface area contributed by atoms with Gasteiger partial charge in [-0.2, -0.15) is 5.10 Å². The van der Waals surface area contributed by atoms with Crippen LogP contribution >= 0.6 is 0 Å². The van der Waals surface area contributed by atoms with Gasteiger partial charge in [0, 0.05) is 25.1 Å². The van der Waals surface area contributed by atoms with E-state index in [1.807, 2.05) is 24.4 Å². The fourth-order valence-electron chi connectivity index (χ4n) is 2.73. The van der Waals surface area contributed by atoms with Gasteiger partial charge < -0.3 is 10.6 Å². The Kier molecular flexibility index (Phi) is 3.70. The third kappa shape index (κ3) is 2.54. The second-order valence-corrected chi connectivity index (χ2v) is 5.34. The number of carbonyl (C=O) groups is 1. The lowest BCUT2D eigenvalue weighted by Gasteiger charge is -2.25. The molecule has 1 amide bonds. The summed E-state index contributed by atoms with van der Waals surface area (Å²) < 4.78 is 1.65. The van der Waals surface area contributed by atoms with Crippen molar-refractivity contribution < 1.29 is 4.79 Å². The SMILES string of the molecule is CCC1(C(=O)Nc2cccnc2-n2cccn2)CCNC1. The van der Waals surface area contributed by atoms with Gasteiger partial charge in [0.05, 0.1) is 11.1 Å². The van der Waals surface area contributed by atoms with Gasteiger partial charge in [-0.1, -0.05) is 6.92 Å². The van der Waals surface area contributed by atoms with Crippen molar-refractivity contribution in [3.63, 3.8) is 0 Å². The Labute approximate surface area is 123 Å². The Bertz CT molecular complexity index is 617. The summed E-state index contributed by atoms with van der Waals surface area (Å²) in [5, 5.41) is 10.5. The van der Waals surface area contributed by atoms with Crippen LogP contribution in [0.1, 0.15) is 19.8 Å². The number of hydrogen-bond donors (Lipinski definition) is 2. The fraction of sp³-hybridized carbons (Fsp3) is 0.400. The zero-order valence-electron chi connectivity index (χ0n) is 12.0. The van der Waals surface area contributed by atoms with Gasteiger partial charge in [-0.25, -0.2) is 9.67 Å². The minimum absolute atomic E-state index is 0.0522. The highest BCUT2D eigenvalue weighted by atomic mass is 16.2. The number of hydrogen-bond acceptors (Lipinski definition) is 4. The molecule has 1 aliphatic heterocycles. The van der Waals surface area contributed by atoms with Crippen molar-refractivity contribution in [2.24, 2.45) is 5.41 Å². The lowest BCUT2D eigenvalue weighted by atomic mass is 9.83. The van der Waals surface area contributed by atoms with E-state index < -0.39 is 0 Å². The van der Waals surface area contributed by atoms with Crippen molar-refractivity contribution in [3.8, 4) is 5.82 Å². The Morgan fingerprint density at radius 1 is 1.48 bits per heavy atom. The van der Waals surface area contributed by atoms with E-state index in [9.17, 15) is 4.79 Å². The molecule has 1 aliphatic rings. The van der Waals surface area contributed by atoms with Crippen LogP contribution < -0.4 is 10.6 Å². The molecule has 3 heterocycles. The first-order valence-corrected chi connectivity index (χ1v) is 7.22. The molecular formula is C15H19N5O. The molecule has 3 rings (SSSR count). The van der Waals surface area contributed by atoms with Crippen LogP contribution in [0.5, 0.6) is 0 Å². The zero-order valence-corrected chi connectivity index (χ0v) is 12.0. The van der Waals surface area contributed by atoms with Gasteiger partial charge in [-0.3, -0.25) is 4.79 Å². The first-order chi connectivity index (χ1) is 10.2. The van der Waals surface area contributed by atoms with E-state index in [1.54, 1.807) is 17.1 Å². The minimum Gasteiger partial charge on any atom is -0.322 e. The highest BCUT2D eigenvalue weighted by Crippen LogP contribution is 2.31. The first kappa shape index (κ1) is 13.8. The Morgan fingerprint density at radius 3 is 3.05 bits per heavy atom. The average Bonchev–Trinajstić information content (AvgIpc) is 3.20. The first-order valence-electron chi connectivity index (χ1n) is 7.22. The molecule has 21 heavy (non-hydrogen) atoms. The molecule has 1 saturated heterocycles. The average molecular weight is 285 g/mol. The Morgan fingerprint density at radius 2 is 2.38 bits per heavy atom. The second kappa shape index (κ2) is 5.65. The van der Waals surface area contributed by atoms with Crippen molar-refractivity contribution in [1.82, 2.24) is 20.1 Å². The summed E-state index contributed by atoms with van der Waals surface area (Å²) in [6.45, 7) is 3.68. The van der Waals surface area contributed by atoms with Crippen LogP contribution in [0.2, 0.25) is 0 Å². The smallest absolute Gasteiger partial charge is 0.232 e. The van der Waals surface area contributed by atoms with E-state index >= 15 is 0 Å². The normalized spacial score (nSPS) is 21.4. The Hall–Kier alpha value is -2.21. The molecule has 0 aromatic carbocycles. The van der Waals surface area contributed by atoms with Crippen LogP contribution in [0.25, 0.3) is 5.82 Å². The van der Waals surface area contributed by atoms with Crippen molar-refractivity contribution in [3.05, 3.63) is 36.8 Å². The highest BCUT2D eigenvalue weighted by molar-refractivity contribution is 5.97. The third-order valence-corrected chi connectivity index (χ3v) is 4.16. The number of nitrogens with one attached hydrogen (secondary N) is 2. The molecule has 1 unspecified atom stereocenters. The molecule has 0 spiro atoms. The predicted molar refractivity (Wildman–Crippen MR) is 80.2 cm³/mol. The number of aromatic nitrogens is 3. The minimum atomic E-state index is -0.322. The van der Waals surface area contributed by atoms with Crippen LogP contribution in [0.4, 0.5) is 5.69 Å². The molecule has 2 aromatic rings. The summed E-state index contributed by atoms with van der Waals surface area (Å²) in [5.41, 5.74) is 0.364. The molecule has 1 fully saturated rings. The summed E-state index contributed by atoms with van der Waals surface area (Å²) in [5.74, 6) is 0.685. The van der Waals surface area contributed by atoms with Gasteiger partial charge in [0.25, 0.3) is 0 Å². The maximum absolute atomic E-state index is 12.7. The second-order valence-electron chi connectivity index (χ2n) is 5.34. The topological polar surface area (TPSA) is 71.8 Å². The zero-order chi connectivity index (χ0) is 14.7. The predicted octanol–water partition coefficient (Wildman–Crippen LogP) is 1.60. The van der Waals surface area contributed by atoms with Gasteiger partial charge in [0.15, 0.2) is 5.82 Å². The quantitative estimate of drug-likeness (QED) is 0.895. The lowest BCUT2D eigenvalue weighted by Crippen LogP contribution is -2.37. The van der Waals surface area contributed by atoms with Crippen molar-refractivity contribution in [1.29, 1.82) is 0 Å². The number of nitrogens with zero attached hydrogens (tertiary/aromatic N) is 3. The summed E-state index contributed by atoms with van der Waals surface area (Å²) in [6.07, 6.45) is 6.88. The van der Waals surface area contributed by atoms with Crippen LogP contribution in [-0.4, -0.2) is 33.8 Å². The van der Waals surface area contributed by atoms with Crippen LogP contribution in [-0.2, 0) is 4.79 Å². The number of rotatable bonds is 4. The number of carbonyl (C=O) groups excluding carboxylic acids is 1. The maximum Gasteiger partial charge on any atom is 0.232 e. The van der Waals surface area contributed by atoms with E-state index in [0.717, 1.165) is 25.9 Å². The molecule has 1 atom stereocenters. The van der Waals surface area contributed by atoms with E-state index in [2.05, 4.69) is 27.6 Å². The molecule has 2 N–H and O–H groups in total. The summed E-state index contributed by atoms with van der Waals surface area (Å²) in [6, 6.07) is 5.50. The molecule has 6 nitrogen and oxygen atoms in total. The van der Waals surface area contributed by atoms with Crippen LogP contribution in [0.15, 0.2) is 36.8 Å². The number of amides is 1. The monoisotopic (exact) mass is 285 g/mol. The standard InChI is InChI=1S/C15H19N5O/c1-2-15(6-9-16-11-15)14(21)19-12-5-3-7-17-13(12)20-10-4-8-18-20/h3-5,7-8,10,16H,2,6,9,11H2,1H3,(H,19,21). The van der Waals surface area contributed by atoms with Crippen molar-refractivity contribution in [2.75, 3.05) is 18.4 Å². The number of anilines is 1. The summed E-state index contributed by atoms with van der Waals surface area (Å²) in [4.78, 5) is 17.0. The lowest BCUT2D eigenvalue weighted by molar-refractivity contribution is -0.124. The van der Waals surface area contributed by atoms with Gasteiger partial charge in [-0.15, -0.1) is 0 Å². The van der Waals surface area contributed by atoms with E-state index in [4.69, 9.17) is 0 Å². The molecule has 2 aromatic heterocycles. The molecular weight excluding hydrogens is 266 g/mol. The van der Waals surface area contributed by atoms with Gasteiger partial charge >= 0.3 is 0 Å². The molecule has 6 heteroatoms. The molecule has 0 bridgehead atoms. The maximum atomic E-state index is 12.7.